The molecule has 0 spiro atoms. The minimum atomic E-state index is -0.715. The van der Waals surface area contributed by atoms with Crippen LogP contribution in [0.3, 0.4) is 0 Å². The predicted octanol–water partition coefficient (Wildman–Crippen LogP) is 2.11. The SMILES string of the molecule is NC(=O)CC(c1ccc2c(c1)OCCO2)c1oc(CN2CCCCC2)cc(=O)c1O. The van der Waals surface area contributed by atoms with Crippen molar-refractivity contribution in [2.45, 2.75) is 38.1 Å². The molecule has 2 aliphatic rings. The smallest absolute Gasteiger partial charge is 0.227 e. The van der Waals surface area contributed by atoms with Crippen LogP contribution in [0.2, 0.25) is 0 Å². The van der Waals surface area contributed by atoms with Gasteiger partial charge in [-0.1, -0.05) is 12.5 Å². The van der Waals surface area contributed by atoms with Gasteiger partial charge in [-0.2, -0.15) is 0 Å². The van der Waals surface area contributed by atoms with Crippen LogP contribution in [0.5, 0.6) is 17.2 Å². The third-order valence-electron chi connectivity index (χ3n) is 5.52. The third kappa shape index (κ3) is 4.43. The lowest BCUT2D eigenvalue weighted by Gasteiger charge is -2.26. The fraction of sp³-hybridized carbons (Fsp3) is 0.455. The Bertz CT molecular complexity index is 980. The Morgan fingerprint density at radius 3 is 2.57 bits per heavy atom. The standard InChI is InChI=1S/C22H26N2O6/c23-20(26)12-16(14-4-5-18-19(10-14)29-9-8-28-18)22-21(27)17(25)11-15(30-22)13-24-6-2-1-3-7-24/h4-5,10-11,16,27H,1-3,6-9,12-13H2,(H2,23,26). The Kier molecular flexibility index (Phi) is 5.94. The van der Waals surface area contributed by atoms with E-state index in [1.54, 1.807) is 18.2 Å². The lowest BCUT2D eigenvalue weighted by molar-refractivity contribution is -0.118. The molecule has 4 rings (SSSR count). The molecule has 30 heavy (non-hydrogen) atoms. The quantitative estimate of drug-likeness (QED) is 0.744. The molecule has 1 aromatic heterocycles. The van der Waals surface area contributed by atoms with Gasteiger partial charge in [0.1, 0.15) is 19.0 Å². The Balaban J connectivity index is 1.71. The molecule has 2 aliphatic heterocycles. The second kappa shape index (κ2) is 8.79. The molecule has 1 aromatic carbocycles. The molecule has 0 aliphatic carbocycles. The van der Waals surface area contributed by atoms with Gasteiger partial charge in [0, 0.05) is 12.5 Å². The van der Waals surface area contributed by atoms with Crippen molar-refractivity contribution in [1.82, 2.24) is 4.90 Å². The largest absolute Gasteiger partial charge is 0.502 e. The van der Waals surface area contributed by atoms with Crippen LogP contribution in [0.1, 0.15) is 48.7 Å². The monoisotopic (exact) mass is 414 g/mol. The highest BCUT2D eigenvalue weighted by atomic mass is 16.6. The summed E-state index contributed by atoms with van der Waals surface area (Å²) in [5.74, 6) is -0.136. The normalized spacial score (nSPS) is 17.5. The minimum absolute atomic E-state index is 0.0463. The number of primary amides is 1. The zero-order valence-electron chi connectivity index (χ0n) is 16.8. The number of ether oxygens (including phenoxy) is 2. The summed E-state index contributed by atoms with van der Waals surface area (Å²) in [5, 5.41) is 10.5. The highest BCUT2D eigenvalue weighted by molar-refractivity contribution is 5.75. The average molecular weight is 414 g/mol. The molecule has 1 fully saturated rings. The zero-order chi connectivity index (χ0) is 21.1. The van der Waals surface area contributed by atoms with Crippen LogP contribution in [0.4, 0.5) is 0 Å². The van der Waals surface area contributed by atoms with Gasteiger partial charge in [0.25, 0.3) is 0 Å². The summed E-state index contributed by atoms with van der Waals surface area (Å²) < 4.78 is 17.2. The van der Waals surface area contributed by atoms with Gasteiger partial charge in [-0.3, -0.25) is 14.5 Å². The zero-order valence-corrected chi connectivity index (χ0v) is 16.8. The van der Waals surface area contributed by atoms with E-state index in [1.165, 1.54) is 12.5 Å². The first-order valence-electron chi connectivity index (χ1n) is 10.3. The minimum Gasteiger partial charge on any atom is -0.502 e. The fourth-order valence-corrected chi connectivity index (χ4v) is 4.05. The molecule has 0 saturated carbocycles. The van der Waals surface area contributed by atoms with Crippen LogP contribution in [0.15, 0.2) is 33.5 Å². The highest BCUT2D eigenvalue weighted by Gasteiger charge is 2.27. The van der Waals surface area contributed by atoms with Gasteiger partial charge in [0.15, 0.2) is 17.3 Å². The first-order valence-corrected chi connectivity index (χ1v) is 10.3. The van der Waals surface area contributed by atoms with Gasteiger partial charge in [0.2, 0.25) is 17.1 Å². The van der Waals surface area contributed by atoms with Gasteiger partial charge in [-0.25, -0.2) is 0 Å². The maximum absolute atomic E-state index is 12.5. The van der Waals surface area contributed by atoms with Crippen molar-refractivity contribution in [1.29, 1.82) is 0 Å². The van der Waals surface area contributed by atoms with Crippen LogP contribution in [-0.4, -0.2) is 42.2 Å². The number of nitrogens with two attached hydrogens (primary N) is 1. The number of likely N-dealkylation sites (tertiary alicyclic amines) is 1. The van der Waals surface area contributed by atoms with Gasteiger partial charge in [0.05, 0.1) is 12.5 Å². The molecule has 3 heterocycles. The second-order valence-corrected chi connectivity index (χ2v) is 7.75. The summed E-state index contributed by atoms with van der Waals surface area (Å²) in [6.07, 6.45) is 3.29. The number of aromatic hydroxyl groups is 1. The number of carbonyl (C=O) groups excluding carboxylic acids is 1. The van der Waals surface area contributed by atoms with E-state index in [-0.39, 0.29) is 12.2 Å². The van der Waals surface area contributed by atoms with Gasteiger partial charge in [-0.05, 0) is 43.6 Å². The molecular weight excluding hydrogens is 388 g/mol. The summed E-state index contributed by atoms with van der Waals surface area (Å²) in [5.41, 5.74) is 5.59. The number of amides is 1. The van der Waals surface area contributed by atoms with E-state index in [0.717, 1.165) is 25.9 Å². The van der Waals surface area contributed by atoms with E-state index >= 15 is 0 Å². The Morgan fingerprint density at radius 2 is 1.83 bits per heavy atom. The summed E-state index contributed by atoms with van der Waals surface area (Å²) >= 11 is 0. The molecule has 1 atom stereocenters. The second-order valence-electron chi connectivity index (χ2n) is 7.75. The fourth-order valence-electron chi connectivity index (χ4n) is 4.05. The number of rotatable bonds is 6. The van der Waals surface area contributed by atoms with E-state index < -0.39 is 23.0 Å². The maximum Gasteiger partial charge on any atom is 0.227 e. The van der Waals surface area contributed by atoms with Crippen molar-refractivity contribution in [3.8, 4) is 17.2 Å². The Labute approximate surface area is 174 Å². The maximum atomic E-state index is 12.5. The molecule has 1 amide bonds. The van der Waals surface area contributed by atoms with E-state index in [2.05, 4.69) is 4.90 Å². The van der Waals surface area contributed by atoms with Gasteiger partial charge >= 0.3 is 0 Å². The molecule has 0 radical (unpaired) electrons. The third-order valence-corrected chi connectivity index (χ3v) is 5.52. The van der Waals surface area contributed by atoms with Gasteiger partial charge < -0.3 is 24.7 Å². The van der Waals surface area contributed by atoms with E-state index in [0.29, 0.717) is 42.6 Å². The van der Waals surface area contributed by atoms with Crippen LogP contribution in [0, 0.1) is 0 Å². The average Bonchev–Trinajstić information content (AvgIpc) is 2.75. The number of hydrogen-bond donors (Lipinski definition) is 2. The summed E-state index contributed by atoms with van der Waals surface area (Å²) in [6, 6.07) is 6.56. The van der Waals surface area contributed by atoms with Crippen molar-refractivity contribution in [2.75, 3.05) is 26.3 Å². The molecule has 1 saturated heterocycles. The number of benzene rings is 1. The molecule has 0 bridgehead atoms. The molecule has 8 heteroatoms. The predicted molar refractivity (Wildman–Crippen MR) is 109 cm³/mol. The topological polar surface area (TPSA) is 115 Å². The molecule has 1 unspecified atom stereocenters. The van der Waals surface area contributed by atoms with Crippen LogP contribution < -0.4 is 20.6 Å². The van der Waals surface area contributed by atoms with Crippen molar-refractivity contribution in [3.05, 3.63) is 51.6 Å². The number of carbonyl (C=O) groups is 1. The number of fused-ring (bicyclic) bond motifs is 1. The number of hydrogen-bond acceptors (Lipinski definition) is 7. The summed E-state index contributed by atoms with van der Waals surface area (Å²) in [6.45, 7) is 3.24. The summed E-state index contributed by atoms with van der Waals surface area (Å²) in [7, 11) is 0. The first kappa shape index (κ1) is 20.3. The van der Waals surface area contributed by atoms with Crippen molar-refractivity contribution in [3.63, 3.8) is 0 Å². The first-order chi connectivity index (χ1) is 14.5. The van der Waals surface area contributed by atoms with E-state index in [4.69, 9.17) is 19.6 Å². The Morgan fingerprint density at radius 1 is 1.10 bits per heavy atom. The molecule has 3 N–H and O–H groups in total. The van der Waals surface area contributed by atoms with Crippen molar-refractivity contribution >= 4 is 5.91 Å². The lowest BCUT2D eigenvalue weighted by atomic mass is 9.91. The molecular formula is C22H26N2O6. The molecule has 8 nitrogen and oxygen atoms in total. The van der Waals surface area contributed by atoms with Crippen molar-refractivity contribution < 1.29 is 23.8 Å². The molecule has 160 valence electrons. The van der Waals surface area contributed by atoms with Crippen molar-refractivity contribution in [2.24, 2.45) is 5.73 Å². The molecule has 2 aromatic rings. The lowest BCUT2D eigenvalue weighted by Crippen LogP contribution is -2.29. The Hall–Kier alpha value is -3.00. The summed E-state index contributed by atoms with van der Waals surface area (Å²) in [4.78, 5) is 26.5. The van der Waals surface area contributed by atoms with Gasteiger partial charge in [-0.15, -0.1) is 0 Å². The number of piperidine rings is 1. The number of nitrogens with zero attached hydrogens (tertiary/aromatic N) is 1. The van der Waals surface area contributed by atoms with E-state index in [1.807, 2.05) is 0 Å². The van der Waals surface area contributed by atoms with Crippen LogP contribution in [0.25, 0.3) is 0 Å². The highest BCUT2D eigenvalue weighted by Crippen LogP contribution is 2.38. The van der Waals surface area contributed by atoms with E-state index in [9.17, 15) is 14.7 Å². The van der Waals surface area contributed by atoms with Crippen LogP contribution in [-0.2, 0) is 11.3 Å². The van der Waals surface area contributed by atoms with Crippen LogP contribution >= 0.6 is 0 Å².